The molecular formula is C15H8ClF6NO. The van der Waals surface area contributed by atoms with Gasteiger partial charge in [-0.05, 0) is 18.2 Å². The number of hydrogen-bond acceptors (Lipinski definition) is 1. The van der Waals surface area contributed by atoms with Crippen LogP contribution in [0.5, 0.6) is 0 Å². The zero-order chi connectivity index (χ0) is 17.8. The lowest BCUT2D eigenvalue weighted by Gasteiger charge is -2.22. The lowest BCUT2D eigenvalue weighted by atomic mass is 9.90. The van der Waals surface area contributed by atoms with Gasteiger partial charge >= 0.3 is 6.18 Å². The molecule has 0 fully saturated rings. The first-order valence-corrected chi connectivity index (χ1v) is 7.07. The van der Waals surface area contributed by atoms with Crippen LogP contribution in [0, 0.1) is 5.82 Å². The van der Waals surface area contributed by atoms with E-state index in [1.807, 2.05) is 0 Å². The first kappa shape index (κ1) is 16.9. The second-order valence-electron chi connectivity index (χ2n) is 5.35. The van der Waals surface area contributed by atoms with Gasteiger partial charge < -0.3 is 4.57 Å². The second kappa shape index (κ2) is 5.54. The highest BCUT2D eigenvalue weighted by Gasteiger charge is 2.46. The van der Waals surface area contributed by atoms with Crippen LogP contribution in [-0.4, -0.2) is 22.7 Å². The van der Waals surface area contributed by atoms with Crippen molar-refractivity contribution in [1.82, 2.24) is 4.57 Å². The quantitative estimate of drug-likeness (QED) is 0.669. The summed E-state index contributed by atoms with van der Waals surface area (Å²) in [5.74, 6) is -2.40. The molecule has 3 rings (SSSR count). The molecule has 0 radical (unpaired) electrons. The Morgan fingerprint density at radius 3 is 2.42 bits per heavy atom. The molecule has 1 aromatic heterocycles. The number of ketones is 1. The topological polar surface area (TPSA) is 22.0 Å². The Morgan fingerprint density at radius 1 is 1.17 bits per heavy atom. The van der Waals surface area contributed by atoms with Gasteiger partial charge in [0.2, 0.25) is 5.78 Å². The normalized spacial score (nSPS) is 21.0. The average Bonchev–Trinajstić information content (AvgIpc) is 2.83. The first-order valence-electron chi connectivity index (χ1n) is 6.70. The maximum atomic E-state index is 13.7. The van der Waals surface area contributed by atoms with Crippen molar-refractivity contribution in [3.05, 3.63) is 52.1 Å². The number of benzene rings is 1. The summed E-state index contributed by atoms with van der Waals surface area (Å²) >= 11 is 5.68. The van der Waals surface area contributed by atoms with E-state index in [1.165, 1.54) is 0 Å². The summed E-state index contributed by atoms with van der Waals surface area (Å²) in [7, 11) is 0. The Morgan fingerprint density at radius 2 is 1.83 bits per heavy atom. The highest BCUT2D eigenvalue weighted by Crippen LogP contribution is 2.40. The number of Topliss-reactive ketones (excluding diaryl/α,β-unsaturated/α-hetero) is 1. The Kier molecular flexibility index (Phi) is 3.90. The Hall–Kier alpha value is -1.96. The summed E-state index contributed by atoms with van der Waals surface area (Å²) < 4.78 is 81.1. The van der Waals surface area contributed by atoms with Crippen molar-refractivity contribution in [1.29, 1.82) is 0 Å². The molecule has 0 bridgehead atoms. The van der Waals surface area contributed by atoms with Gasteiger partial charge in [0.1, 0.15) is 12.0 Å². The van der Waals surface area contributed by atoms with Gasteiger partial charge in [-0.15, -0.1) is 0 Å². The molecule has 1 heterocycles. The standard InChI is InChI=1S/C15H8ClF6NO/c16-6-1-7(17)3-8(2-6)23-5-9(15(20,21)22)12-11(23)4-10(18)13(19)14(12)24/h1-3,5,10,13H,4H2. The molecule has 0 saturated heterocycles. The zero-order valence-corrected chi connectivity index (χ0v) is 12.4. The van der Waals surface area contributed by atoms with E-state index in [1.54, 1.807) is 0 Å². The van der Waals surface area contributed by atoms with Gasteiger partial charge in [0.25, 0.3) is 0 Å². The van der Waals surface area contributed by atoms with E-state index in [-0.39, 0.29) is 16.4 Å². The summed E-state index contributed by atoms with van der Waals surface area (Å²) in [5, 5.41) is -0.0942. The lowest BCUT2D eigenvalue weighted by Crippen LogP contribution is -2.36. The van der Waals surface area contributed by atoms with E-state index in [9.17, 15) is 31.1 Å². The molecule has 0 saturated carbocycles. The molecule has 1 aliphatic carbocycles. The van der Waals surface area contributed by atoms with Crippen molar-refractivity contribution < 1.29 is 31.1 Å². The third kappa shape index (κ3) is 2.68. The molecule has 1 aromatic carbocycles. The van der Waals surface area contributed by atoms with E-state index in [4.69, 9.17) is 11.6 Å². The molecule has 9 heteroatoms. The van der Waals surface area contributed by atoms with E-state index in [0.29, 0.717) is 6.20 Å². The Balaban J connectivity index is 2.29. The van der Waals surface area contributed by atoms with Gasteiger partial charge in [-0.1, -0.05) is 11.6 Å². The molecular weight excluding hydrogens is 360 g/mol. The van der Waals surface area contributed by atoms with Crippen LogP contribution in [-0.2, 0) is 12.6 Å². The first-order chi connectivity index (χ1) is 11.1. The van der Waals surface area contributed by atoms with Crippen LogP contribution in [0.2, 0.25) is 5.02 Å². The van der Waals surface area contributed by atoms with Crippen LogP contribution in [0.4, 0.5) is 26.3 Å². The van der Waals surface area contributed by atoms with Gasteiger partial charge in [0.05, 0.1) is 11.1 Å². The number of alkyl halides is 5. The molecule has 2 unspecified atom stereocenters. The Labute approximate surface area is 136 Å². The maximum absolute atomic E-state index is 13.7. The number of nitrogens with zero attached hydrogens (tertiary/aromatic N) is 1. The average molecular weight is 368 g/mol. The molecule has 0 spiro atoms. The van der Waals surface area contributed by atoms with Crippen LogP contribution in [0.15, 0.2) is 24.4 Å². The van der Waals surface area contributed by atoms with Gasteiger partial charge in [-0.2, -0.15) is 13.2 Å². The van der Waals surface area contributed by atoms with E-state index < -0.39 is 47.7 Å². The van der Waals surface area contributed by atoms with Gasteiger partial charge in [0.15, 0.2) is 6.17 Å². The minimum Gasteiger partial charge on any atom is -0.319 e. The molecule has 0 N–H and O–H groups in total. The molecule has 128 valence electrons. The summed E-state index contributed by atoms with van der Waals surface area (Å²) in [5.41, 5.74) is -2.80. The van der Waals surface area contributed by atoms with Crippen LogP contribution in [0.1, 0.15) is 21.6 Å². The fourth-order valence-electron chi connectivity index (χ4n) is 2.74. The third-order valence-electron chi connectivity index (χ3n) is 3.74. The smallest absolute Gasteiger partial charge is 0.319 e. The molecule has 24 heavy (non-hydrogen) atoms. The fourth-order valence-corrected chi connectivity index (χ4v) is 2.95. The molecule has 0 amide bonds. The fraction of sp³-hybridized carbons (Fsp3) is 0.267. The number of hydrogen-bond donors (Lipinski definition) is 0. The number of carbonyl (C=O) groups is 1. The van der Waals surface area contributed by atoms with Crippen molar-refractivity contribution in [2.45, 2.75) is 24.9 Å². The molecule has 2 atom stereocenters. The zero-order valence-electron chi connectivity index (χ0n) is 11.7. The monoisotopic (exact) mass is 367 g/mol. The molecule has 1 aliphatic rings. The van der Waals surface area contributed by atoms with Gasteiger partial charge in [-0.3, -0.25) is 4.79 Å². The summed E-state index contributed by atoms with van der Waals surface area (Å²) in [6.45, 7) is 0. The van der Waals surface area contributed by atoms with Crippen LogP contribution in [0.3, 0.4) is 0 Å². The van der Waals surface area contributed by atoms with Crippen molar-refractivity contribution in [3.63, 3.8) is 0 Å². The maximum Gasteiger partial charge on any atom is 0.418 e. The van der Waals surface area contributed by atoms with E-state index in [2.05, 4.69) is 0 Å². The summed E-state index contributed by atoms with van der Waals surface area (Å²) in [6, 6.07) is 2.97. The van der Waals surface area contributed by atoms with Crippen molar-refractivity contribution in [2.24, 2.45) is 0 Å². The van der Waals surface area contributed by atoms with Crippen molar-refractivity contribution >= 4 is 17.4 Å². The van der Waals surface area contributed by atoms with Crippen molar-refractivity contribution in [2.75, 3.05) is 0 Å². The number of fused-ring (bicyclic) bond motifs is 1. The van der Waals surface area contributed by atoms with E-state index in [0.717, 1.165) is 22.8 Å². The molecule has 2 nitrogen and oxygen atoms in total. The van der Waals surface area contributed by atoms with Gasteiger partial charge in [0, 0.05) is 29.0 Å². The predicted octanol–water partition coefficient (Wildman–Crippen LogP) is 4.70. The molecule has 2 aromatic rings. The number of aromatic nitrogens is 1. The van der Waals surface area contributed by atoms with Crippen LogP contribution >= 0.6 is 11.6 Å². The minimum absolute atomic E-state index is 0.0942. The van der Waals surface area contributed by atoms with Crippen LogP contribution in [0.25, 0.3) is 5.69 Å². The number of rotatable bonds is 1. The van der Waals surface area contributed by atoms with E-state index >= 15 is 0 Å². The largest absolute Gasteiger partial charge is 0.418 e. The lowest BCUT2D eigenvalue weighted by molar-refractivity contribution is -0.138. The second-order valence-corrected chi connectivity index (χ2v) is 5.78. The van der Waals surface area contributed by atoms with Crippen molar-refractivity contribution in [3.8, 4) is 5.69 Å². The predicted molar refractivity (Wildman–Crippen MR) is 73.6 cm³/mol. The summed E-state index contributed by atoms with van der Waals surface area (Å²) in [4.78, 5) is 11.8. The summed E-state index contributed by atoms with van der Waals surface area (Å²) in [6.07, 6.45) is -10.1. The SMILES string of the molecule is O=C1c2c(C(F)(F)F)cn(-c3cc(F)cc(Cl)c3)c2CC(F)C1F. The molecule has 0 aliphatic heterocycles. The third-order valence-corrected chi connectivity index (χ3v) is 3.96. The number of halogens is 7. The minimum atomic E-state index is -4.95. The van der Waals surface area contributed by atoms with Gasteiger partial charge in [-0.25, -0.2) is 13.2 Å². The number of carbonyl (C=O) groups excluding carboxylic acids is 1. The highest BCUT2D eigenvalue weighted by atomic mass is 35.5. The highest BCUT2D eigenvalue weighted by molar-refractivity contribution is 6.30. The van der Waals surface area contributed by atoms with Crippen LogP contribution < -0.4 is 0 Å². The Bertz CT molecular complexity index is 808.